The highest BCUT2D eigenvalue weighted by Crippen LogP contribution is 2.19. The molecule has 0 aliphatic carbocycles. The molecule has 0 unspecified atom stereocenters. The molecular weight excluding hydrogens is 388 g/mol. The molecule has 0 fully saturated rings. The van der Waals surface area contributed by atoms with Crippen LogP contribution in [0.15, 0.2) is 28.8 Å². The summed E-state index contributed by atoms with van der Waals surface area (Å²) < 4.78 is 15.9. The van der Waals surface area contributed by atoms with Crippen molar-refractivity contribution in [3.05, 3.63) is 46.8 Å². The summed E-state index contributed by atoms with van der Waals surface area (Å²) in [6, 6.07) is 10.3. The van der Waals surface area contributed by atoms with Crippen LogP contribution in [0.1, 0.15) is 40.2 Å². The molecular formula is C21H22N4O5. The summed E-state index contributed by atoms with van der Waals surface area (Å²) in [4.78, 5) is 25.9. The first-order valence-corrected chi connectivity index (χ1v) is 9.29. The summed E-state index contributed by atoms with van der Waals surface area (Å²) in [6.07, 6.45) is 0.269. The second-order valence-corrected chi connectivity index (χ2v) is 6.39. The Labute approximate surface area is 174 Å². The maximum Gasteiger partial charge on any atom is 0.338 e. The largest absolute Gasteiger partial charge is 0.489 e. The number of benzene rings is 1. The summed E-state index contributed by atoms with van der Waals surface area (Å²) in [5, 5.41) is 21.2. The maximum atomic E-state index is 12.3. The lowest BCUT2D eigenvalue weighted by Crippen LogP contribution is -2.36. The lowest BCUT2D eigenvalue weighted by Gasteiger charge is -2.20. The molecule has 0 bridgehead atoms. The molecule has 0 aliphatic rings. The number of ether oxygens (including phenoxy) is 2. The van der Waals surface area contributed by atoms with E-state index in [0.29, 0.717) is 11.5 Å². The van der Waals surface area contributed by atoms with Gasteiger partial charge in [0.25, 0.3) is 5.91 Å². The minimum atomic E-state index is -0.674. The van der Waals surface area contributed by atoms with E-state index in [0.717, 1.165) is 11.3 Å². The van der Waals surface area contributed by atoms with Crippen molar-refractivity contribution >= 4 is 11.9 Å². The molecule has 0 N–H and O–H groups in total. The molecule has 1 heterocycles. The SMILES string of the molecule is Cc1noc(C)c1COc1cccc(C(=O)OCC(=O)N(CCC#N)CCC#N)c1. The van der Waals surface area contributed by atoms with Crippen LogP contribution in [-0.4, -0.2) is 41.6 Å². The Morgan fingerprint density at radius 2 is 1.87 bits per heavy atom. The minimum Gasteiger partial charge on any atom is -0.489 e. The van der Waals surface area contributed by atoms with Crippen LogP contribution in [0.2, 0.25) is 0 Å². The molecule has 1 aromatic heterocycles. The number of esters is 1. The highest BCUT2D eigenvalue weighted by molar-refractivity contribution is 5.91. The zero-order valence-electron chi connectivity index (χ0n) is 16.9. The van der Waals surface area contributed by atoms with Gasteiger partial charge in [0.05, 0.1) is 41.8 Å². The molecule has 0 aliphatic heterocycles. The molecule has 2 aromatic rings. The van der Waals surface area contributed by atoms with Gasteiger partial charge >= 0.3 is 5.97 Å². The highest BCUT2D eigenvalue weighted by Gasteiger charge is 2.17. The summed E-state index contributed by atoms with van der Waals surface area (Å²) in [7, 11) is 0. The molecule has 9 nitrogen and oxygen atoms in total. The van der Waals surface area contributed by atoms with E-state index in [2.05, 4.69) is 5.16 Å². The van der Waals surface area contributed by atoms with E-state index in [1.54, 1.807) is 25.1 Å². The van der Waals surface area contributed by atoms with E-state index in [4.69, 9.17) is 24.5 Å². The Bertz CT molecular complexity index is 933. The third-order valence-corrected chi connectivity index (χ3v) is 4.30. The first-order chi connectivity index (χ1) is 14.5. The number of nitriles is 2. The second-order valence-electron chi connectivity index (χ2n) is 6.39. The van der Waals surface area contributed by atoms with Gasteiger partial charge in [-0.2, -0.15) is 10.5 Å². The topological polar surface area (TPSA) is 129 Å². The second kappa shape index (κ2) is 11.2. The number of nitrogens with zero attached hydrogens (tertiary/aromatic N) is 4. The predicted molar refractivity (Wildman–Crippen MR) is 104 cm³/mol. The molecule has 0 saturated carbocycles. The average molecular weight is 410 g/mol. The monoisotopic (exact) mass is 410 g/mol. The maximum absolute atomic E-state index is 12.3. The molecule has 1 amide bonds. The van der Waals surface area contributed by atoms with E-state index in [9.17, 15) is 9.59 Å². The summed E-state index contributed by atoms with van der Waals surface area (Å²) >= 11 is 0. The summed E-state index contributed by atoms with van der Waals surface area (Å²) in [5.41, 5.74) is 1.81. The fourth-order valence-corrected chi connectivity index (χ4v) is 2.61. The lowest BCUT2D eigenvalue weighted by atomic mass is 10.2. The summed E-state index contributed by atoms with van der Waals surface area (Å²) in [6.45, 7) is 3.74. The molecule has 9 heteroatoms. The van der Waals surface area contributed by atoms with Crippen LogP contribution in [-0.2, 0) is 16.1 Å². The van der Waals surface area contributed by atoms with Crippen molar-refractivity contribution in [2.75, 3.05) is 19.7 Å². The van der Waals surface area contributed by atoms with Crippen molar-refractivity contribution in [2.24, 2.45) is 0 Å². The molecule has 0 radical (unpaired) electrons. The smallest absolute Gasteiger partial charge is 0.338 e. The predicted octanol–water partition coefficient (Wildman–Crippen LogP) is 2.68. The van der Waals surface area contributed by atoms with Gasteiger partial charge in [0.1, 0.15) is 18.1 Å². The molecule has 156 valence electrons. The van der Waals surface area contributed by atoms with Gasteiger partial charge in [-0.25, -0.2) is 4.79 Å². The van der Waals surface area contributed by atoms with E-state index < -0.39 is 18.5 Å². The lowest BCUT2D eigenvalue weighted by molar-refractivity contribution is -0.134. The van der Waals surface area contributed by atoms with E-state index in [1.165, 1.54) is 11.0 Å². The van der Waals surface area contributed by atoms with Crippen molar-refractivity contribution < 1.29 is 23.6 Å². The van der Waals surface area contributed by atoms with Gasteiger partial charge in [-0.3, -0.25) is 4.79 Å². The fraction of sp³-hybridized carbons (Fsp3) is 0.381. The van der Waals surface area contributed by atoms with Crippen LogP contribution in [0, 0.1) is 36.5 Å². The number of aromatic nitrogens is 1. The standard InChI is InChI=1S/C21H22N4O5/c1-15-19(16(2)30-24-15)13-28-18-7-3-6-17(12-18)21(27)29-14-20(26)25(10-4-8-22)11-5-9-23/h3,6-7,12H,4-5,10-11,13-14H2,1-2H3. The number of amides is 1. The van der Waals surface area contributed by atoms with Crippen LogP contribution in [0.3, 0.4) is 0 Å². The van der Waals surface area contributed by atoms with Crippen LogP contribution < -0.4 is 4.74 Å². The Hall–Kier alpha value is -3.85. The van der Waals surface area contributed by atoms with Gasteiger partial charge in [-0.05, 0) is 32.0 Å². The normalized spacial score (nSPS) is 10.0. The van der Waals surface area contributed by atoms with Crippen molar-refractivity contribution in [3.63, 3.8) is 0 Å². The van der Waals surface area contributed by atoms with Gasteiger partial charge < -0.3 is 18.9 Å². The fourth-order valence-electron chi connectivity index (χ4n) is 2.61. The van der Waals surface area contributed by atoms with Crippen molar-refractivity contribution in [1.82, 2.24) is 10.1 Å². The van der Waals surface area contributed by atoms with Gasteiger partial charge in [-0.15, -0.1) is 0 Å². The molecule has 0 spiro atoms. The van der Waals surface area contributed by atoms with Crippen molar-refractivity contribution in [1.29, 1.82) is 10.5 Å². The molecule has 2 rings (SSSR count). The molecule has 0 saturated heterocycles. The Morgan fingerprint density at radius 3 is 2.47 bits per heavy atom. The number of carbonyl (C=O) groups is 2. The zero-order valence-corrected chi connectivity index (χ0v) is 16.9. The average Bonchev–Trinajstić information content (AvgIpc) is 3.07. The van der Waals surface area contributed by atoms with Crippen LogP contribution >= 0.6 is 0 Å². The van der Waals surface area contributed by atoms with Gasteiger partial charge in [0, 0.05) is 13.1 Å². The summed E-state index contributed by atoms with van der Waals surface area (Å²) in [5.74, 6) is -0.00862. The third-order valence-electron chi connectivity index (χ3n) is 4.30. The molecule has 30 heavy (non-hydrogen) atoms. The van der Waals surface area contributed by atoms with Crippen molar-refractivity contribution in [3.8, 4) is 17.9 Å². The van der Waals surface area contributed by atoms with Crippen molar-refractivity contribution in [2.45, 2.75) is 33.3 Å². The number of aryl methyl sites for hydroxylation is 2. The quantitative estimate of drug-likeness (QED) is 0.547. The molecule has 1 aromatic carbocycles. The van der Waals surface area contributed by atoms with Crippen LogP contribution in [0.4, 0.5) is 0 Å². The van der Waals surface area contributed by atoms with E-state index in [1.807, 2.05) is 19.1 Å². The number of carbonyl (C=O) groups excluding carboxylic acids is 2. The van der Waals surface area contributed by atoms with Gasteiger partial charge in [0.15, 0.2) is 6.61 Å². The Morgan fingerprint density at radius 1 is 1.17 bits per heavy atom. The zero-order chi connectivity index (χ0) is 21.9. The highest BCUT2D eigenvalue weighted by atomic mass is 16.5. The van der Waals surface area contributed by atoms with E-state index in [-0.39, 0.29) is 38.1 Å². The Balaban J connectivity index is 1.93. The molecule has 0 atom stereocenters. The van der Waals surface area contributed by atoms with Crippen LogP contribution in [0.25, 0.3) is 0 Å². The number of hydrogen-bond acceptors (Lipinski definition) is 8. The Kier molecular flexibility index (Phi) is 8.40. The third kappa shape index (κ3) is 6.35. The van der Waals surface area contributed by atoms with Gasteiger partial charge in [-0.1, -0.05) is 11.2 Å². The first-order valence-electron chi connectivity index (χ1n) is 9.29. The van der Waals surface area contributed by atoms with E-state index >= 15 is 0 Å². The minimum absolute atomic E-state index is 0.135. The first kappa shape index (κ1) is 22.4. The van der Waals surface area contributed by atoms with Crippen LogP contribution in [0.5, 0.6) is 5.75 Å². The number of rotatable bonds is 10. The number of hydrogen-bond donors (Lipinski definition) is 0. The van der Waals surface area contributed by atoms with Gasteiger partial charge in [0.2, 0.25) is 0 Å².